The van der Waals surface area contributed by atoms with Crippen LogP contribution >= 0.6 is 0 Å². The van der Waals surface area contributed by atoms with Gasteiger partial charge in [-0.3, -0.25) is 4.98 Å². The van der Waals surface area contributed by atoms with Crippen molar-refractivity contribution >= 4 is 0 Å². The summed E-state index contributed by atoms with van der Waals surface area (Å²) >= 11 is 0. The van der Waals surface area contributed by atoms with Crippen molar-refractivity contribution in [3.63, 3.8) is 0 Å². The van der Waals surface area contributed by atoms with E-state index in [1.807, 2.05) is 16.8 Å². The third kappa shape index (κ3) is 2.69. The van der Waals surface area contributed by atoms with Crippen molar-refractivity contribution in [2.45, 2.75) is 13.1 Å². The Hall–Kier alpha value is -2.12. The summed E-state index contributed by atoms with van der Waals surface area (Å²) in [5.74, 6) is 6.09. The Balaban J connectivity index is 2.06. The van der Waals surface area contributed by atoms with Crippen LogP contribution in [0.1, 0.15) is 11.1 Å². The van der Waals surface area contributed by atoms with Crippen molar-refractivity contribution in [3.05, 3.63) is 48.3 Å². The van der Waals surface area contributed by atoms with Crippen LogP contribution in [0.3, 0.4) is 0 Å². The molecule has 4 heteroatoms. The van der Waals surface area contributed by atoms with Crippen molar-refractivity contribution in [3.8, 4) is 11.8 Å². The summed E-state index contributed by atoms with van der Waals surface area (Å²) in [5.41, 5.74) is 7.41. The van der Waals surface area contributed by atoms with Crippen LogP contribution in [0.15, 0.2) is 37.2 Å². The Kier molecular flexibility index (Phi) is 3.31. The van der Waals surface area contributed by atoms with Crippen molar-refractivity contribution in [2.24, 2.45) is 5.73 Å². The standard InChI is InChI=1S/C12H12N4/c13-7-12-6-11(8-15-9-12)2-1-4-16-5-3-14-10-16/h3,5-6,8-10H,4,7,13H2. The van der Waals surface area contributed by atoms with Crippen molar-refractivity contribution in [2.75, 3.05) is 0 Å². The first kappa shape index (κ1) is 10.4. The molecule has 0 saturated carbocycles. The van der Waals surface area contributed by atoms with E-state index in [0.717, 1.165) is 11.1 Å². The van der Waals surface area contributed by atoms with Crippen LogP contribution < -0.4 is 5.73 Å². The molecule has 2 heterocycles. The van der Waals surface area contributed by atoms with Gasteiger partial charge in [0.2, 0.25) is 0 Å². The Bertz CT molecular complexity index is 505. The molecule has 80 valence electrons. The van der Waals surface area contributed by atoms with E-state index in [-0.39, 0.29) is 0 Å². The minimum absolute atomic E-state index is 0.490. The van der Waals surface area contributed by atoms with Gasteiger partial charge in [0, 0.05) is 36.9 Å². The zero-order valence-corrected chi connectivity index (χ0v) is 8.80. The number of pyridine rings is 1. The number of imidazole rings is 1. The second-order valence-electron chi connectivity index (χ2n) is 3.32. The van der Waals surface area contributed by atoms with Crippen molar-refractivity contribution < 1.29 is 0 Å². The topological polar surface area (TPSA) is 56.7 Å². The molecule has 16 heavy (non-hydrogen) atoms. The SMILES string of the molecule is NCc1cncc(C#CCn2ccnc2)c1. The predicted molar refractivity (Wildman–Crippen MR) is 61.2 cm³/mol. The molecule has 0 atom stereocenters. The van der Waals surface area contributed by atoms with E-state index in [1.54, 1.807) is 24.9 Å². The monoisotopic (exact) mass is 212 g/mol. The summed E-state index contributed by atoms with van der Waals surface area (Å²) in [7, 11) is 0. The minimum atomic E-state index is 0.490. The molecule has 0 amide bonds. The first-order chi connectivity index (χ1) is 7.88. The summed E-state index contributed by atoms with van der Waals surface area (Å²) < 4.78 is 1.91. The van der Waals surface area contributed by atoms with Gasteiger partial charge in [0.15, 0.2) is 0 Å². The predicted octanol–water partition coefficient (Wildman–Crippen LogP) is 0.788. The summed E-state index contributed by atoms with van der Waals surface area (Å²) in [5, 5.41) is 0. The van der Waals surface area contributed by atoms with Crippen LogP contribution in [0.5, 0.6) is 0 Å². The summed E-state index contributed by atoms with van der Waals surface area (Å²) in [4.78, 5) is 8.01. The second kappa shape index (κ2) is 5.10. The highest BCUT2D eigenvalue weighted by atomic mass is 15.0. The summed E-state index contributed by atoms with van der Waals surface area (Å²) in [6.45, 7) is 1.12. The van der Waals surface area contributed by atoms with Crippen LogP contribution in [-0.4, -0.2) is 14.5 Å². The van der Waals surface area contributed by atoms with Gasteiger partial charge in [0.25, 0.3) is 0 Å². The lowest BCUT2D eigenvalue weighted by Crippen LogP contribution is -1.97. The molecule has 2 rings (SSSR count). The van der Waals surface area contributed by atoms with Crippen LogP contribution in [0.2, 0.25) is 0 Å². The lowest BCUT2D eigenvalue weighted by Gasteiger charge is -1.95. The third-order valence-electron chi connectivity index (χ3n) is 2.08. The smallest absolute Gasteiger partial charge is 0.0954 e. The Labute approximate surface area is 94.1 Å². The van der Waals surface area contributed by atoms with E-state index in [9.17, 15) is 0 Å². The highest BCUT2D eigenvalue weighted by Crippen LogP contribution is 1.99. The summed E-state index contributed by atoms with van der Waals surface area (Å²) in [6.07, 6.45) is 8.84. The Morgan fingerprint density at radius 1 is 1.31 bits per heavy atom. The van der Waals surface area contributed by atoms with Gasteiger partial charge >= 0.3 is 0 Å². The molecule has 0 aliphatic rings. The molecule has 0 spiro atoms. The largest absolute Gasteiger partial charge is 0.326 e. The number of nitrogens with two attached hydrogens (primary N) is 1. The van der Waals surface area contributed by atoms with Crippen LogP contribution in [0.4, 0.5) is 0 Å². The summed E-state index contributed by atoms with van der Waals surface area (Å²) in [6, 6.07) is 1.95. The van der Waals surface area contributed by atoms with E-state index in [0.29, 0.717) is 13.1 Å². The van der Waals surface area contributed by atoms with Gasteiger partial charge in [-0.2, -0.15) is 0 Å². The fourth-order valence-corrected chi connectivity index (χ4v) is 1.28. The molecule has 0 fully saturated rings. The zero-order chi connectivity index (χ0) is 11.2. The second-order valence-corrected chi connectivity index (χ2v) is 3.32. The fourth-order valence-electron chi connectivity index (χ4n) is 1.28. The molecular formula is C12H12N4. The van der Waals surface area contributed by atoms with E-state index >= 15 is 0 Å². The molecule has 0 unspecified atom stereocenters. The highest BCUT2D eigenvalue weighted by molar-refractivity contribution is 5.34. The number of rotatable bonds is 2. The molecule has 0 aliphatic carbocycles. The normalized spacial score (nSPS) is 9.56. The molecule has 0 aliphatic heterocycles. The molecule has 2 N–H and O–H groups in total. The van der Waals surface area contributed by atoms with Crippen LogP contribution in [-0.2, 0) is 13.1 Å². The Morgan fingerprint density at radius 3 is 3.00 bits per heavy atom. The van der Waals surface area contributed by atoms with Crippen molar-refractivity contribution in [1.82, 2.24) is 14.5 Å². The molecule has 0 saturated heterocycles. The first-order valence-corrected chi connectivity index (χ1v) is 4.97. The average Bonchev–Trinajstić information content (AvgIpc) is 2.82. The maximum Gasteiger partial charge on any atom is 0.0954 e. The van der Waals surface area contributed by atoms with Crippen LogP contribution in [0, 0.1) is 11.8 Å². The minimum Gasteiger partial charge on any atom is -0.326 e. The third-order valence-corrected chi connectivity index (χ3v) is 2.08. The fraction of sp³-hybridized carbons (Fsp3) is 0.167. The molecule has 0 aromatic carbocycles. The lowest BCUT2D eigenvalue weighted by molar-refractivity contribution is 0.840. The van der Waals surface area contributed by atoms with E-state index < -0.39 is 0 Å². The number of nitrogens with zero attached hydrogens (tertiary/aromatic N) is 3. The van der Waals surface area contributed by atoms with E-state index in [1.165, 1.54) is 0 Å². The maximum atomic E-state index is 5.52. The van der Waals surface area contributed by atoms with Gasteiger partial charge in [-0.05, 0) is 11.6 Å². The quantitative estimate of drug-likeness (QED) is 0.749. The number of hydrogen-bond donors (Lipinski definition) is 1. The molecule has 0 radical (unpaired) electrons. The van der Waals surface area contributed by atoms with Gasteiger partial charge in [0.1, 0.15) is 0 Å². The molecule has 0 bridgehead atoms. The van der Waals surface area contributed by atoms with E-state index in [4.69, 9.17) is 5.73 Å². The average molecular weight is 212 g/mol. The van der Waals surface area contributed by atoms with Gasteiger partial charge in [-0.1, -0.05) is 11.8 Å². The van der Waals surface area contributed by atoms with Crippen molar-refractivity contribution in [1.29, 1.82) is 0 Å². The molecular weight excluding hydrogens is 200 g/mol. The van der Waals surface area contributed by atoms with Gasteiger partial charge in [-0.15, -0.1) is 0 Å². The lowest BCUT2D eigenvalue weighted by atomic mass is 10.2. The van der Waals surface area contributed by atoms with E-state index in [2.05, 4.69) is 21.8 Å². The zero-order valence-electron chi connectivity index (χ0n) is 8.80. The molecule has 2 aromatic rings. The molecule has 2 aromatic heterocycles. The van der Waals surface area contributed by atoms with Crippen LogP contribution in [0.25, 0.3) is 0 Å². The van der Waals surface area contributed by atoms with Gasteiger partial charge in [-0.25, -0.2) is 4.98 Å². The highest BCUT2D eigenvalue weighted by Gasteiger charge is 1.91. The first-order valence-electron chi connectivity index (χ1n) is 4.97. The number of aromatic nitrogens is 3. The maximum absolute atomic E-state index is 5.52. The Morgan fingerprint density at radius 2 is 2.25 bits per heavy atom. The van der Waals surface area contributed by atoms with Gasteiger partial charge < -0.3 is 10.3 Å². The van der Waals surface area contributed by atoms with Gasteiger partial charge in [0.05, 0.1) is 12.9 Å². The number of hydrogen-bond acceptors (Lipinski definition) is 3. The molecule has 4 nitrogen and oxygen atoms in total.